The Hall–Kier alpha value is -0.870. The Balaban J connectivity index is 2.30. The van der Waals surface area contributed by atoms with Crippen LogP contribution in [-0.4, -0.2) is 21.5 Å². The molecule has 0 aliphatic carbocycles. The van der Waals surface area contributed by atoms with Crippen LogP contribution in [0.1, 0.15) is 33.3 Å². The van der Waals surface area contributed by atoms with Gasteiger partial charge in [-0.1, -0.05) is 0 Å². The summed E-state index contributed by atoms with van der Waals surface area (Å²) in [6.45, 7) is 8.05. The van der Waals surface area contributed by atoms with Crippen LogP contribution < -0.4 is 0 Å². The predicted octanol–water partition coefficient (Wildman–Crippen LogP) is 1.81. The van der Waals surface area contributed by atoms with E-state index in [0.29, 0.717) is 0 Å². The highest BCUT2D eigenvalue weighted by atomic mass is 16.8. The van der Waals surface area contributed by atoms with Gasteiger partial charge in [-0.05, 0) is 27.7 Å². The molecule has 4 nitrogen and oxygen atoms in total. The third-order valence-corrected chi connectivity index (χ3v) is 3.07. The first-order valence-corrected chi connectivity index (χ1v) is 5.21. The van der Waals surface area contributed by atoms with Gasteiger partial charge in [-0.2, -0.15) is 5.10 Å². The summed E-state index contributed by atoms with van der Waals surface area (Å²) >= 11 is 0. The van der Waals surface area contributed by atoms with Crippen molar-refractivity contribution in [3.05, 3.63) is 18.0 Å². The fraction of sp³-hybridized carbons (Fsp3) is 0.727. The second kappa shape index (κ2) is 3.06. The Labute approximate surface area is 90.2 Å². The lowest BCUT2D eigenvalue weighted by Crippen LogP contribution is -2.31. The topological polar surface area (TPSA) is 36.3 Å². The van der Waals surface area contributed by atoms with Crippen molar-refractivity contribution in [2.75, 3.05) is 0 Å². The van der Waals surface area contributed by atoms with E-state index >= 15 is 0 Å². The molecule has 0 N–H and O–H groups in total. The van der Waals surface area contributed by atoms with Crippen molar-refractivity contribution in [2.45, 2.75) is 45.2 Å². The summed E-state index contributed by atoms with van der Waals surface area (Å²) in [6, 6.07) is 0. The summed E-state index contributed by atoms with van der Waals surface area (Å²) in [4.78, 5) is 0. The third-order valence-electron chi connectivity index (χ3n) is 3.07. The van der Waals surface area contributed by atoms with E-state index in [2.05, 4.69) is 5.10 Å². The largest absolute Gasteiger partial charge is 0.340 e. The first-order valence-electron chi connectivity index (χ1n) is 5.21. The first-order chi connectivity index (χ1) is 6.83. The molecule has 1 fully saturated rings. The molecule has 2 unspecified atom stereocenters. The van der Waals surface area contributed by atoms with Crippen LogP contribution in [-0.2, 0) is 22.3 Å². The Morgan fingerprint density at radius 3 is 2.47 bits per heavy atom. The molecular weight excluding hydrogens is 192 g/mol. The van der Waals surface area contributed by atoms with E-state index in [1.54, 1.807) is 10.9 Å². The summed E-state index contributed by atoms with van der Waals surface area (Å²) in [6.07, 6.45) is 3.78. The van der Waals surface area contributed by atoms with Gasteiger partial charge in [0, 0.05) is 18.8 Å². The van der Waals surface area contributed by atoms with Crippen LogP contribution >= 0.6 is 0 Å². The zero-order chi connectivity index (χ0) is 11.3. The summed E-state index contributed by atoms with van der Waals surface area (Å²) in [5.41, 5.74) is 0.701. The maximum absolute atomic E-state index is 5.97. The van der Waals surface area contributed by atoms with Gasteiger partial charge in [0.25, 0.3) is 0 Å². The van der Waals surface area contributed by atoms with E-state index < -0.39 is 5.79 Å². The number of aryl methyl sites for hydroxylation is 1. The summed E-state index contributed by atoms with van der Waals surface area (Å²) in [7, 11) is 1.89. The SMILES string of the molecule is CC1OC(C)(c2cnn(C)c2)OC1(C)C. The fourth-order valence-electron chi connectivity index (χ4n) is 1.87. The molecule has 1 aliphatic heterocycles. The lowest BCUT2D eigenvalue weighted by Gasteiger charge is -2.24. The van der Waals surface area contributed by atoms with Gasteiger partial charge in [0.05, 0.1) is 17.9 Å². The van der Waals surface area contributed by atoms with E-state index in [0.717, 1.165) is 5.56 Å². The van der Waals surface area contributed by atoms with Crippen molar-refractivity contribution < 1.29 is 9.47 Å². The average Bonchev–Trinajstić information content (AvgIpc) is 2.57. The highest BCUT2D eigenvalue weighted by Crippen LogP contribution is 2.42. The van der Waals surface area contributed by atoms with E-state index in [9.17, 15) is 0 Å². The van der Waals surface area contributed by atoms with Gasteiger partial charge in [-0.25, -0.2) is 0 Å². The number of hydrogen-bond donors (Lipinski definition) is 0. The van der Waals surface area contributed by atoms with Crippen LogP contribution in [0.5, 0.6) is 0 Å². The van der Waals surface area contributed by atoms with Gasteiger partial charge >= 0.3 is 0 Å². The molecule has 1 aliphatic rings. The van der Waals surface area contributed by atoms with Crippen molar-refractivity contribution in [1.29, 1.82) is 0 Å². The molecule has 0 saturated carbocycles. The van der Waals surface area contributed by atoms with E-state index in [1.807, 2.05) is 40.9 Å². The molecule has 1 aromatic rings. The molecule has 1 saturated heterocycles. The van der Waals surface area contributed by atoms with Gasteiger partial charge in [0.1, 0.15) is 0 Å². The second-order valence-corrected chi connectivity index (χ2v) is 4.81. The maximum atomic E-state index is 5.97. The molecule has 84 valence electrons. The standard InChI is InChI=1S/C11H18N2O2/c1-8-10(2,3)15-11(4,14-8)9-6-12-13(5)7-9/h6-8H,1-5H3. The minimum atomic E-state index is -0.669. The van der Waals surface area contributed by atoms with E-state index in [-0.39, 0.29) is 11.7 Å². The van der Waals surface area contributed by atoms with E-state index in [1.165, 1.54) is 0 Å². The summed E-state index contributed by atoms with van der Waals surface area (Å²) in [5.74, 6) is -0.669. The quantitative estimate of drug-likeness (QED) is 0.709. The lowest BCUT2D eigenvalue weighted by atomic mass is 10.0. The zero-order valence-corrected chi connectivity index (χ0v) is 9.94. The molecular formula is C11H18N2O2. The molecule has 4 heteroatoms. The van der Waals surface area contributed by atoms with Crippen molar-refractivity contribution >= 4 is 0 Å². The Kier molecular flexibility index (Phi) is 2.17. The molecule has 0 aromatic carbocycles. The number of rotatable bonds is 1. The molecule has 0 spiro atoms. The van der Waals surface area contributed by atoms with Gasteiger partial charge in [-0.15, -0.1) is 0 Å². The average molecular weight is 210 g/mol. The maximum Gasteiger partial charge on any atom is 0.196 e. The smallest absolute Gasteiger partial charge is 0.196 e. The van der Waals surface area contributed by atoms with Crippen LogP contribution in [0.3, 0.4) is 0 Å². The van der Waals surface area contributed by atoms with Crippen molar-refractivity contribution in [1.82, 2.24) is 9.78 Å². The van der Waals surface area contributed by atoms with Gasteiger partial charge in [0.2, 0.25) is 0 Å². The number of hydrogen-bond acceptors (Lipinski definition) is 3. The normalized spacial score (nSPS) is 34.6. The van der Waals surface area contributed by atoms with Crippen LogP contribution in [0.2, 0.25) is 0 Å². The highest BCUT2D eigenvalue weighted by Gasteiger charge is 2.48. The molecule has 1 aromatic heterocycles. The third kappa shape index (κ3) is 1.68. The molecule has 0 radical (unpaired) electrons. The van der Waals surface area contributed by atoms with Crippen molar-refractivity contribution in [3.8, 4) is 0 Å². The molecule has 2 rings (SSSR count). The number of aromatic nitrogens is 2. The summed E-state index contributed by atoms with van der Waals surface area (Å²) < 4.78 is 13.6. The Morgan fingerprint density at radius 1 is 1.40 bits per heavy atom. The number of nitrogens with zero attached hydrogens (tertiary/aromatic N) is 2. The minimum absolute atomic E-state index is 0.0720. The molecule has 0 amide bonds. The lowest BCUT2D eigenvalue weighted by molar-refractivity contribution is -0.179. The highest BCUT2D eigenvalue weighted by molar-refractivity contribution is 5.13. The van der Waals surface area contributed by atoms with Crippen LogP contribution in [0.4, 0.5) is 0 Å². The van der Waals surface area contributed by atoms with Gasteiger partial charge in [-0.3, -0.25) is 4.68 Å². The van der Waals surface area contributed by atoms with Crippen LogP contribution in [0, 0.1) is 0 Å². The predicted molar refractivity (Wildman–Crippen MR) is 56.3 cm³/mol. The monoisotopic (exact) mass is 210 g/mol. The van der Waals surface area contributed by atoms with Gasteiger partial charge < -0.3 is 9.47 Å². The fourth-order valence-corrected chi connectivity index (χ4v) is 1.87. The van der Waals surface area contributed by atoms with Crippen molar-refractivity contribution in [3.63, 3.8) is 0 Å². The second-order valence-electron chi connectivity index (χ2n) is 4.81. The molecule has 0 bridgehead atoms. The molecule has 2 atom stereocenters. The zero-order valence-electron chi connectivity index (χ0n) is 9.94. The Bertz CT molecular complexity index is 372. The molecule has 2 heterocycles. The minimum Gasteiger partial charge on any atom is -0.340 e. The Morgan fingerprint density at radius 2 is 2.07 bits per heavy atom. The summed E-state index contributed by atoms with van der Waals surface area (Å²) in [5, 5.41) is 4.14. The van der Waals surface area contributed by atoms with Gasteiger partial charge in [0.15, 0.2) is 5.79 Å². The first kappa shape index (κ1) is 10.6. The van der Waals surface area contributed by atoms with Crippen LogP contribution in [0.25, 0.3) is 0 Å². The number of ether oxygens (including phenoxy) is 2. The molecule has 15 heavy (non-hydrogen) atoms. The van der Waals surface area contributed by atoms with Crippen LogP contribution in [0.15, 0.2) is 12.4 Å². The van der Waals surface area contributed by atoms with Crippen molar-refractivity contribution in [2.24, 2.45) is 7.05 Å². The van der Waals surface area contributed by atoms with E-state index in [4.69, 9.17) is 9.47 Å².